The van der Waals surface area contributed by atoms with Crippen LogP contribution in [0.4, 0.5) is 0 Å². The van der Waals surface area contributed by atoms with E-state index in [2.05, 4.69) is 33.0 Å². The van der Waals surface area contributed by atoms with Crippen LogP contribution in [0.2, 0.25) is 0 Å². The molecule has 1 N–H and O–H groups in total. The monoisotopic (exact) mass is 167 g/mol. The molecule has 0 spiro atoms. The van der Waals surface area contributed by atoms with Gasteiger partial charge in [0.25, 0.3) is 0 Å². The fourth-order valence-corrected chi connectivity index (χ4v) is 3.42. The molecule has 1 nitrogen and oxygen atoms in total. The van der Waals surface area contributed by atoms with E-state index in [0.717, 1.165) is 0 Å². The van der Waals surface area contributed by atoms with Gasteiger partial charge >= 0.3 is 0 Å². The third-order valence-corrected chi connectivity index (χ3v) is 3.38. The first-order valence-electron chi connectivity index (χ1n) is 5.12. The molecule has 1 heteroatoms. The Hall–Kier alpha value is -0.0400. The highest BCUT2D eigenvalue weighted by Gasteiger charge is 2.58. The van der Waals surface area contributed by atoms with Crippen LogP contribution < -0.4 is 5.32 Å². The van der Waals surface area contributed by atoms with Crippen molar-refractivity contribution in [1.29, 1.82) is 0 Å². The molecule has 0 aromatic heterocycles. The lowest BCUT2D eigenvalue weighted by Gasteiger charge is -2.49. The van der Waals surface area contributed by atoms with Crippen molar-refractivity contribution in [2.75, 3.05) is 0 Å². The van der Waals surface area contributed by atoms with Crippen LogP contribution in [0, 0.1) is 5.41 Å². The zero-order chi connectivity index (χ0) is 9.04. The summed E-state index contributed by atoms with van der Waals surface area (Å²) in [6.07, 6.45) is 5.67. The zero-order valence-corrected chi connectivity index (χ0v) is 8.83. The van der Waals surface area contributed by atoms with Crippen LogP contribution in [-0.4, -0.2) is 11.1 Å². The summed E-state index contributed by atoms with van der Waals surface area (Å²) in [5, 5.41) is 3.79. The van der Waals surface area contributed by atoms with Gasteiger partial charge < -0.3 is 5.32 Å². The first kappa shape index (κ1) is 8.55. The molecule has 0 aromatic carbocycles. The van der Waals surface area contributed by atoms with Gasteiger partial charge in [-0.05, 0) is 51.9 Å². The number of hydrogen-bond donors (Lipinski definition) is 1. The fraction of sp³-hybridized carbons (Fsp3) is 1.00. The van der Waals surface area contributed by atoms with Gasteiger partial charge in [-0.15, -0.1) is 0 Å². The van der Waals surface area contributed by atoms with E-state index in [1.807, 2.05) is 0 Å². The van der Waals surface area contributed by atoms with Gasteiger partial charge in [-0.25, -0.2) is 0 Å². The Morgan fingerprint density at radius 2 is 1.67 bits per heavy atom. The van der Waals surface area contributed by atoms with E-state index in [9.17, 15) is 0 Å². The molecule has 0 aliphatic heterocycles. The standard InChI is InChI=1S/C11H21N/c1-9(2,3)12-11-6-5-10(4,7-11)8-11/h12H,5-8H2,1-4H3. The molecule has 70 valence electrons. The molecule has 3 rings (SSSR count). The lowest BCUT2D eigenvalue weighted by molar-refractivity contribution is 0.0783. The van der Waals surface area contributed by atoms with Crippen LogP contribution in [0.5, 0.6) is 0 Å². The molecule has 0 atom stereocenters. The Bertz CT molecular complexity index is 194. The van der Waals surface area contributed by atoms with Gasteiger partial charge in [-0.1, -0.05) is 6.92 Å². The minimum Gasteiger partial charge on any atom is -0.307 e. The molecule has 12 heavy (non-hydrogen) atoms. The van der Waals surface area contributed by atoms with Crippen molar-refractivity contribution in [3.8, 4) is 0 Å². The van der Waals surface area contributed by atoms with Gasteiger partial charge in [-0.3, -0.25) is 0 Å². The van der Waals surface area contributed by atoms with Crippen molar-refractivity contribution < 1.29 is 0 Å². The van der Waals surface area contributed by atoms with E-state index < -0.39 is 0 Å². The van der Waals surface area contributed by atoms with Gasteiger partial charge in [0.2, 0.25) is 0 Å². The summed E-state index contributed by atoms with van der Waals surface area (Å²) in [5.74, 6) is 0. The van der Waals surface area contributed by atoms with Crippen LogP contribution in [0.15, 0.2) is 0 Å². The quantitative estimate of drug-likeness (QED) is 0.633. The topological polar surface area (TPSA) is 12.0 Å². The summed E-state index contributed by atoms with van der Waals surface area (Å²) in [6, 6.07) is 0. The van der Waals surface area contributed by atoms with Crippen LogP contribution in [0.1, 0.15) is 53.4 Å². The maximum absolute atomic E-state index is 3.79. The first-order chi connectivity index (χ1) is 5.33. The van der Waals surface area contributed by atoms with Crippen molar-refractivity contribution >= 4 is 0 Å². The van der Waals surface area contributed by atoms with Crippen LogP contribution in [-0.2, 0) is 0 Å². The molecular weight excluding hydrogens is 146 g/mol. The minimum atomic E-state index is 0.297. The van der Waals surface area contributed by atoms with Crippen molar-refractivity contribution in [3.63, 3.8) is 0 Å². The molecule has 0 radical (unpaired) electrons. The van der Waals surface area contributed by atoms with Gasteiger partial charge in [-0.2, -0.15) is 0 Å². The van der Waals surface area contributed by atoms with Gasteiger partial charge in [0.1, 0.15) is 0 Å². The summed E-state index contributed by atoms with van der Waals surface area (Å²) in [6.45, 7) is 9.25. The molecule has 0 amide bonds. The van der Waals surface area contributed by atoms with E-state index >= 15 is 0 Å². The SMILES string of the molecule is CC12CCC(NC(C)(C)C)(C1)C2. The second kappa shape index (κ2) is 2.06. The van der Waals surface area contributed by atoms with E-state index in [0.29, 0.717) is 16.5 Å². The summed E-state index contributed by atoms with van der Waals surface area (Å²) in [4.78, 5) is 0. The van der Waals surface area contributed by atoms with Crippen molar-refractivity contribution in [2.45, 2.75) is 64.5 Å². The molecular formula is C11H21N. The Morgan fingerprint density at radius 1 is 1.08 bits per heavy atom. The van der Waals surface area contributed by atoms with Gasteiger partial charge in [0.05, 0.1) is 0 Å². The van der Waals surface area contributed by atoms with E-state index in [1.54, 1.807) is 0 Å². The molecule has 0 heterocycles. The van der Waals surface area contributed by atoms with E-state index in [1.165, 1.54) is 25.7 Å². The van der Waals surface area contributed by atoms with Crippen LogP contribution in [0.3, 0.4) is 0 Å². The smallest absolute Gasteiger partial charge is 0.0196 e. The van der Waals surface area contributed by atoms with Gasteiger partial charge in [0, 0.05) is 11.1 Å². The number of rotatable bonds is 1. The second-order valence-corrected chi connectivity index (χ2v) is 6.32. The second-order valence-electron chi connectivity index (χ2n) is 6.32. The van der Waals surface area contributed by atoms with E-state index in [-0.39, 0.29) is 0 Å². The van der Waals surface area contributed by atoms with Crippen LogP contribution >= 0.6 is 0 Å². The summed E-state index contributed by atoms with van der Waals surface area (Å²) in [7, 11) is 0. The highest BCUT2D eigenvalue weighted by atomic mass is 15.1. The maximum atomic E-state index is 3.79. The maximum Gasteiger partial charge on any atom is 0.0196 e. The Labute approximate surface area is 75.9 Å². The largest absolute Gasteiger partial charge is 0.307 e. The molecule has 0 saturated heterocycles. The lowest BCUT2D eigenvalue weighted by atomic mass is 9.66. The van der Waals surface area contributed by atoms with Crippen molar-refractivity contribution in [2.24, 2.45) is 5.41 Å². The van der Waals surface area contributed by atoms with E-state index in [4.69, 9.17) is 0 Å². The summed E-state index contributed by atoms with van der Waals surface area (Å²) >= 11 is 0. The number of hydrogen-bond acceptors (Lipinski definition) is 1. The molecule has 3 saturated carbocycles. The molecule has 2 bridgehead atoms. The molecule has 3 fully saturated rings. The normalized spacial score (nSPS) is 46.0. The molecule has 3 aliphatic rings. The fourth-order valence-electron chi connectivity index (χ4n) is 3.42. The molecule has 3 aliphatic carbocycles. The average molecular weight is 167 g/mol. The highest BCUT2D eigenvalue weighted by molar-refractivity contribution is 5.15. The first-order valence-corrected chi connectivity index (χ1v) is 5.12. The lowest BCUT2D eigenvalue weighted by Crippen LogP contribution is -2.58. The highest BCUT2D eigenvalue weighted by Crippen LogP contribution is 2.61. The predicted octanol–water partition coefficient (Wildman–Crippen LogP) is 2.71. The average Bonchev–Trinajstić information content (AvgIpc) is 2.13. The Kier molecular flexibility index (Phi) is 1.47. The van der Waals surface area contributed by atoms with Crippen molar-refractivity contribution in [1.82, 2.24) is 5.32 Å². The Balaban J connectivity index is 2.00. The number of nitrogens with one attached hydrogen (secondary N) is 1. The summed E-state index contributed by atoms with van der Waals surface area (Å²) in [5.41, 5.74) is 1.54. The Morgan fingerprint density at radius 3 is 2.00 bits per heavy atom. The molecule has 0 aromatic rings. The van der Waals surface area contributed by atoms with Gasteiger partial charge in [0.15, 0.2) is 0 Å². The van der Waals surface area contributed by atoms with Crippen molar-refractivity contribution in [3.05, 3.63) is 0 Å². The minimum absolute atomic E-state index is 0.297. The number of fused-ring (bicyclic) bond motifs is 1. The zero-order valence-electron chi connectivity index (χ0n) is 8.83. The molecule has 0 unspecified atom stereocenters. The third-order valence-electron chi connectivity index (χ3n) is 3.38. The predicted molar refractivity (Wildman–Crippen MR) is 52.2 cm³/mol. The third kappa shape index (κ3) is 1.28. The van der Waals surface area contributed by atoms with Crippen LogP contribution in [0.25, 0.3) is 0 Å². The summed E-state index contributed by atoms with van der Waals surface area (Å²) < 4.78 is 0.